The third-order valence-electron chi connectivity index (χ3n) is 1.19. The Bertz CT molecular complexity index is 263. The van der Waals surface area contributed by atoms with E-state index in [0.717, 1.165) is 0 Å². The zero-order chi connectivity index (χ0) is 8.27. The van der Waals surface area contributed by atoms with E-state index in [4.69, 9.17) is 9.84 Å². The van der Waals surface area contributed by atoms with Gasteiger partial charge in [-0.15, -0.1) is 0 Å². The second-order valence-corrected chi connectivity index (χ2v) is 1.94. The zero-order valence-corrected chi connectivity index (χ0v) is 6.03. The Kier molecular flexibility index (Phi) is 2.28. The average molecular weight is 156 g/mol. The highest BCUT2D eigenvalue weighted by Gasteiger charge is 1.98. The molecule has 0 saturated heterocycles. The van der Waals surface area contributed by atoms with Gasteiger partial charge in [0.2, 0.25) is 0 Å². The molecule has 0 unspecified atom stereocenters. The fourth-order valence-electron chi connectivity index (χ4n) is 0.700. The minimum Gasteiger partial charge on any atom is -0.496 e. The van der Waals surface area contributed by atoms with Crippen LogP contribution in [0.3, 0.4) is 0 Å². The summed E-state index contributed by atoms with van der Waals surface area (Å²) >= 11 is 0. The van der Waals surface area contributed by atoms with Crippen molar-refractivity contribution in [1.29, 1.82) is 0 Å². The molecule has 0 atom stereocenters. The van der Waals surface area contributed by atoms with Crippen LogP contribution in [0.25, 0.3) is 0 Å². The van der Waals surface area contributed by atoms with Crippen LogP contribution < -0.4 is 10.4 Å². The van der Waals surface area contributed by atoms with Crippen molar-refractivity contribution in [3.05, 3.63) is 28.3 Å². The van der Waals surface area contributed by atoms with Crippen LogP contribution >= 0.6 is 0 Å². The Hall–Kier alpha value is -1.29. The summed E-state index contributed by atoms with van der Waals surface area (Å²) < 4.78 is 9.35. The number of aliphatic hydroxyl groups excluding tert-OH is 1. The van der Waals surface area contributed by atoms with Gasteiger partial charge in [-0.2, -0.15) is 0 Å². The van der Waals surface area contributed by atoms with Gasteiger partial charge in [0.05, 0.1) is 13.2 Å². The van der Waals surface area contributed by atoms with E-state index < -0.39 is 5.63 Å². The fourth-order valence-corrected chi connectivity index (χ4v) is 0.700. The number of hydrogen-bond donors (Lipinski definition) is 1. The summed E-state index contributed by atoms with van der Waals surface area (Å²) in [6, 6.07) is 2.67. The van der Waals surface area contributed by atoms with E-state index >= 15 is 0 Å². The SMILES string of the molecule is COc1cc(CO)oc(=O)c1. The summed E-state index contributed by atoms with van der Waals surface area (Å²) in [6.45, 7) is -0.299. The van der Waals surface area contributed by atoms with E-state index in [2.05, 4.69) is 4.42 Å². The summed E-state index contributed by atoms with van der Waals surface area (Å²) in [4.78, 5) is 10.7. The maximum atomic E-state index is 10.7. The van der Waals surface area contributed by atoms with E-state index in [0.29, 0.717) is 5.75 Å². The van der Waals surface area contributed by atoms with Gasteiger partial charge < -0.3 is 14.3 Å². The van der Waals surface area contributed by atoms with Gasteiger partial charge in [-0.05, 0) is 0 Å². The van der Waals surface area contributed by atoms with Crippen LogP contribution in [0.5, 0.6) is 5.75 Å². The molecule has 0 spiro atoms. The summed E-state index contributed by atoms with van der Waals surface area (Å²) in [7, 11) is 1.44. The Morgan fingerprint density at radius 3 is 2.91 bits per heavy atom. The first kappa shape index (κ1) is 7.81. The lowest BCUT2D eigenvalue weighted by atomic mass is 10.4. The molecule has 0 radical (unpaired) electrons. The molecule has 0 aliphatic heterocycles. The molecule has 4 nitrogen and oxygen atoms in total. The Morgan fingerprint density at radius 1 is 1.64 bits per heavy atom. The van der Waals surface area contributed by atoms with Crippen molar-refractivity contribution in [3.8, 4) is 5.75 Å². The quantitative estimate of drug-likeness (QED) is 0.661. The van der Waals surface area contributed by atoms with Gasteiger partial charge in [0.1, 0.15) is 18.1 Å². The van der Waals surface area contributed by atoms with Crippen molar-refractivity contribution in [3.63, 3.8) is 0 Å². The summed E-state index contributed by atoms with van der Waals surface area (Å²) in [5, 5.41) is 8.59. The molecule has 0 fully saturated rings. The maximum absolute atomic E-state index is 10.7. The van der Waals surface area contributed by atoms with E-state index in [1.807, 2.05) is 0 Å². The van der Waals surface area contributed by atoms with Crippen molar-refractivity contribution in [1.82, 2.24) is 0 Å². The molecule has 0 bridgehead atoms. The van der Waals surface area contributed by atoms with E-state index in [1.54, 1.807) is 0 Å². The van der Waals surface area contributed by atoms with Gasteiger partial charge in [-0.1, -0.05) is 0 Å². The number of aliphatic hydroxyl groups is 1. The highest BCUT2D eigenvalue weighted by atomic mass is 16.5. The van der Waals surface area contributed by atoms with E-state index in [9.17, 15) is 4.79 Å². The van der Waals surface area contributed by atoms with E-state index in [1.165, 1.54) is 19.2 Å². The molecule has 0 aliphatic carbocycles. The summed E-state index contributed by atoms with van der Waals surface area (Å²) in [5.41, 5.74) is -0.520. The molecule has 0 saturated carbocycles. The number of hydrogen-bond acceptors (Lipinski definition) is 4. The van der Waals surface area contributed by atoms with Gasteiger partial charge in [0, 0.05) is 6.07 Å². The molecular formula is C7H8O4. The van der Waals surface area contributed by atoms with Crippen LogP contribution in [0.2, 0.25) is 0 Å². The minimum absolute atomic E-state index is 0.203. The Morgan fingerprint density at radius 2 is 2.36 bits per heavy atom. The Labute approximate surface area is 63.0 Å². The lowest BCUT2D eigenvalue weighted by Crippen LogP contribution is -2.00. The number of rotatable bonds is 2. The molecule has 60 valence electrons. The molecular weight excluding hydrogens is 148 g/mol. The third kappa shape index (κ3) is 1.81. The van der Waals surface area contributed by atoms with Gasteiger partial charge in [-0.25, -0.2) is 4.79 Å². The van der Waals surface area contributed by atoms with Crippen molar-refractivity contribution >= 4 is 0 Å². The molecule has 11 heavy (non-hydrogen) atoms. The topological polar surface area (TPSA) is 59.7 Å². The summed E-state index contributed by atoms with van der Waals surface area (Å²) in [6.07, 6.45) is 0. The molecule has 4 heteroatoms. The van der Waals surface area contributed by atoms with Crippen LogP contribution in [0.1, 0.15) is 5.76 Å². The van der Waals surface area contributed by atoms with Crippen molar-refractivity contribution in [2.24, 2.45) is 0 Å². The highest BCUT2D eigenvalue weighted by molar-refractivity contribution is 5.19. The van der Waals surface area contributed by atoms with Crippen LogP contribution in [-0.4, -0.2) is 12.2 Å². The molecule has 0 aromatic carbocycles. The predicted octanol–water partition coefficient (Wildman–Crippen LogP) is 0.141. The Balaban J connectivity index is 3.12. The normalized spacial score (nSPS) is 9.64. The molecule has 1 rings (SSSR count). The highest BCUT2D eigenvalue weighted by Crippen LogP contribution is 2.08. The van der Waals surface area contributed by atoms with Gasteiger partial charge >= 0.3 is 5.63 Å². The summed E-state index contributed by atoms with van der Waals surface area (Å²) in [5.74, 6) is 0.597. The number of methoxy groups -OCH3 is 1. The second kappa shape index (κ2) is 3.21. The largest absolute Gasteiger partial charge is 0.496 e. The van der Waals surface area contributed by atoms with Gasteiger partial charge in [-0.3, -0.25) is 0 Å². The number of ether oxygens (including phenoxy) is 1. The van der Waals surface area contributed by atoms with Crippen LogP contribution in [0.15, 0.2) is 21.3 Å². The molecule has 1 N–H and O–H groups in total. The van der Waals surface area contributed by atoms with Crippen LogP contribution in [0.4, 0.5) is 0 Å². The maximum Gasteiger partial charge on any atom is 0.339 e. The van der Waals surface area contributed by atoms with Gasteiger partial charge in [0.15, 0.2) is 0 Å². The second-order valence-electron chi connectivity index (χ2n) is 1.94. The predicted molar refractivity (Wildman–Crippen MR) is 37.5 cm³/mol. The standard InChI is InChI=1S/C7H8O4/c1-10-5-2-6(4-8)11-7(9)3-5/h2-3,8H,4H2,1H3. The minimum atomic E-state index is -0.520. The first-order chi connectivity index (χ1) is 5.26. The van der Waals surface area contributed by atoms with Gasteiger partial charge in [0.25, 0.3) is 0 Å². The zero-order valence-electron chi connectivity index (χ0n) is 6.03. The molecule has 1 aromatic heterocycles. The third-order valence-corrected chi connectivity index (χ3v) is 1.19. The van der Waals surface area contributed by atoms with Crippen LogP contribution in [-0.2, 0) is 6.61 Å². The van der Waals surface area contributed by atoms with Crippen molar-refractivity contribution < 1.29 is 14.3 Å². The molecule has 1 heterocycles. The fraction of sp³-hybridized carbons (Fsp3) is 0.286. The first-order valence-electron chi connectivity index (χ1n) is 3.05. The van der Waals surface area contributed by atoms with Crippen LogP contribution in [0, 0.1) is 0 Å². The molecule has 1 aromatic rings. The molecule has 0 amide bonds. The average Bonchev–Trinajstić information content (AvgIpc) is 2.03. The monoisotopic (exact) mass is 156 g/mol. The van der Waals surface area contributed by atoms with Crippen molar-refractivity contribution in [2.45, 2.75) is 6.61 Å². The first-order valence-corrected chi connectivity index (χ1v) is 3.05. The lowest BCUT2D eigenvalue weighted by Gasteiger charge is -1.98. The molecule has 0 aliphatic rings. The van der Waals surface area contributed by atoms with E-state index in [-0.39, 0.29) is 12.4 Å². The lowest BCUT2D eigenvalue weighted by molar-refractivity contribution is 0.237. The van der Waals surface area contributed by atoms with Crippen molar-refractivity contribution in [2.75, 3.05) is 7.11 Å². The smallest absolute Gasteiger partial charge is 0.339 e.